The van der Waals surface area contributed by atoms with Gasteiger partial charge in [-0.05, 0) is 43.7 Å². The summed E-state index contributed by atoms with van der Waals surface area (Å²) in [5.74, 6) is 0.615. The van der Waals surface area contributed by atoms with E-state index in [1.807, 2.05) is 30.3 Å². The van der Waals surface area contributed by atoms with Crippen molar-refractivity contribution in [2.75, 3.05) is 18.4 Å². The van der Waals surface area contributed by atoms with Crippen molar-refractivity contribution in [3.63, 3.8) is 0 Å². The van der Waals surface area contributed by atoms with Gasteiger partial charge in [0.1, 0.15) is 6.04 Å². The Hall–Kier alpha value is -2.04. The van der Waals surface area contributed by atoms with E-state index >= 15 is 0 Å². The number of para-hydroxylation sites is 1. The van der Waals surface area contributed by atoms with Crippen LogP contribution in [0, 0.1) is 5.92 Å². The lowest BCUT2D eigenvalue weighted by Crippen LogP contribution is -2.48. The van der Waals surface area contributed by atoms with Gasteiger partial charge in [0.05, 0.1) is 0 Å². The normalized spacial score (nSPS) is 21.4. The third-order valence-corrected chi connectivity index (χ3v) is 4.88. The largest absolute Gasteiger partial charge is 0.354 e. The first-order valence-electron chi connectivity index (χ1n) is 8.64. The fourth-order valence-corrected chi connectivity index (χ4v) is 3.58. The maximum atomic E-state index is 12.4. The van der Waals surface area contributed by atoms with E-state index in [-0.39, 0.29) is 18.0 Å². The Labute approximate surface area is 137 Å². The van der Waals surface area contributed by atoms with Crippen molar-refractivity contribution in [3.8, 4) is 0 Å². The second kappa shape index (κ2) is 7.49. The molecule has 23 heavy (non-hydrogen) atoms. The highest BCUT2D eigenvalue weighted by atomic mass is 16.2. The lowest BCUT2D eigenvalue weighted by molar-refractivity contribution is -0.124. The molecule has 1 atom stereocenters. The van der Waals surface area contributed by atoms with E-state index in [1.54, 1.807) is 4.90 Å². The molecule has 1 heterocycles. The molecule has 2 aliphatic rings. The topological polar surface area (TPSA) is 61.4 Å². The van der Waals surface area contributed by atoms with Crippen molar-refractivity contribution >= 4 is 17.6 Å². The Kier molecular flexibility index (Phi) is 5.16. The van der Waals surface area contributed by atoms with Crippen molar-refractivity contribution in [1.29, 1.82) is 0 Å². The number of carbonyl (C=O) groups is 2. The van der Waals surface area contributed by atoms with Crippen molar-refractivity contribution in [3.05, 3.63) is 30.3 Å². The molecule has 0 aromatic heterocycles. The molecular weight excluding hydrogens is 290 g/mol. The molecule has 1 saturated carbocycles. The quantitative estimate of drug-likeness (QED) is 0.897. The molecule has 124 valence electrons. The Morgan fingerprint density at radius 1 is 1.04 bits per heavy atom. The van der Waals surface area contributed by atoms with Gasteiger partial charge in [-0.3, -0.25) is 4.79 Å². The molecule has 1 aromatic rings. The van der Waals surface area contributed by atoms with Crippen LogP contribution in [-0.4, -0.2) is 36.0 Å². The maximum Gasteiger partial charge on any atom is 0.322 e. The summed E-state index contributed by atoms with van der Waals surface area (Å²) in [5, 5.41) is 5.93. The zero-order valence-electron chi connectivity index (χ0n) is 13.5. The summed E-state index contributed by atoms with van der Waals surface area (Å²) >= 11 is 0. The lowest BCUT2D eigenvalue weighted by atomic mass is 10.1. The molecule has 5 nitrogen and oxygen atoms in total. The van der Waals surface area contributed by atoms with E-state index in [4.69, 9.17) is 0 Å². The smallest absolute Gasteiger partial charge is 0.322 e. The summed E-state index contributed by atoms with van der Waals surface area (Å²) in [4.78, 5) is 26.5. The number of nitrogens with one attached hydrogen (secondary N) is 2. The highest BCUT2D eigenvalue weighted by molar-refractivity contribution is 5.94. The monoisotopic (exact) mass is 315 g/mol. The summed E-state index contributed by atoms with van der Waals surface area (Å²) in [7, 11) is 0. The molecule has 1 saturated heterocycles. The number of rotatable bonds is 4. The molecule has 1 aliphatic carbocycles. The number of nitrogens with zero attached hydrogens (tertiary/aromatic N) is 1. The average molecular weight is 315 g/mol. The van der Waals surface area contributed by atoms with Crippen LogP contribution in [0.15, 0.2) is 30.3 Å². The van der Waals surface area contributed by atoms with Crippen LogP contribution in [0.4, 0.5) is 10.5 Å². The third-order valence-electron chi connectivity index (χ3n) is 4.88. The lowest BCUT2D eigenvalue weighted by Gasteiger charge is -2.24. The Balaban J connectivity index is 1.53. The molecule has 0 unspecified atom stereocenters. The SMILES string of the molecule is O=C(NCC1CCCC1)[C@@H]1CCCN1C(=O)Nc1ccccc1. The second-order valence-corrected chi connectivity index (χ2v) is 6.54. The number of likely N-dealkylation sites (tertiary alicyclic amines) is 1. The van der Waals surface area contributed by atoms with Gasteiger partial charge in [0, 0.05) is 18.8 Å². The third kappa shape index (κ3) is 4.03. The number of urea groups is 1. The molecule has 0 bridgehead atoms. The van der Waals surface area contributed by atoms with Crippen molar-refractivity contribution in [1.82, 2.24) is 10.2 Å². The van der Waals surface area contributed by atoms with Crippen molar-refractivity contribution in [2.24, 2.45) is 5.92 Å². The summed E-state index contributed by atoms with van der Waals surface area (Å²) in [6, 6.07) is 8.85. The van der Waals surface area contributed by atoms with Crippen LogP contribution in [0.3, 0.4) is 0 Å². The Bertz CT molecular complexity index is 540. The first-order valence-corrected chi connectivity index (χ1v) is 8.64. The first-order chi connectivity index (χ1) is 11.2. The van der Waals surface area contributed by atoms with E-state index < -0.39 is 0 Å². The van der Waals surface area contributed by atoms with Crippen LogP contribution in [0.5, 0.6) is 0 Å². The van der Waals surface area contributed by atoms with E-state index in [0.717, 1.165) is 25.1 Å². The minimum atomic E-state index is -0.333. The fraction of sp³-hybridized carbons (Fsp3) is 0.556. The standard InChI is InChI=1S/C18H25N3O2/c22-17(19-13-14-7-4-5-8-14)16-11-6-12-21(16)18(23)20-15-9-2-1-3-10-15/h1-3,9-10,14,16H,4-8,11-13H2,(H,19,22)(H,20,23)/t16-/m0/s1. The van der Waals surface area contributed by atoms with Gasteiger partial charge in [0.15, 0.2) is 0 Å². The zero-order chi connectivity index (χ0) is 16.1. The van der Waals surface area contributed by atoms with Crippen molar-refractivity contribution in [2.45, 2.75) is 44.6 Å². The Morgan fingerprint density at radius 3 is 2.52 bits per heavy atom. The number of hydrogen-bond acceptors (Lipinski definition) is 2. The molecule has 2 N–H and O–H groups in total. The minimum Gasteiger partial charge on any atom is -0.354 e. The molecule has 2 fully saturated rings. The molecule has 3 amide bonds. The highest BCUT2D eigenvalue weighted by Crippen LogP contribution is 2.24. The Morgan fingerprint density at radius 2 is 1.78 bits per heavy atom. The number of benzene rings is 1. The molecule has 1 aromatic carbocycles. The molecule has 5 heteroatoms. The molecule has 1 aliphatic heterocycles. The van der Waals surface area contributed by atoms with Crippen LogP contribution in [0.1, 0.15) is 38.5 Å². The average Bonchev–Trinajstić information content (AvgIpc) is 3.25. The van der Waals surface area contributed by atoms with Gasteiger partial charge < -0.3 is 15.5 Å². The van der Waals surface area contributed by atoms with Gasteiger partial charge in [-0.25, -0.2) is 4.79 Å². The summed E-state index contributed by atoms with van der Waals surface area (Å²) in [6.45, 7) is 1.39. The van der Waals surface area contributed by atoms with Crippen LogP contribution in [-0.2, 0) is 4.79 Å². The second-order valence-electron chi connectivity index (χ2n) is 6.54. The van der Waals surface area contributed by atoms with Gasteiger partial charge >= 0.3 is 6.03 Å². The number of carbonyl (C=O) groups excluding carboxylic acids is 2. The van der Waals surface area contributed by atoms with E-state index in [9.17, 15) is 9.59 Å². The minimum absolute atomic E-state index is 0.00221. The predicted octanol–water partition coefficient (Wildman–Crippen LogP) is 2.99. The van der Waals surface area contributed by atoms with Crippen molar-refractivity contribution < 1.29 is 9.59 Å². The number of amides is 3. The van der Waals surface area contributed by atoms with Crippen LogP contribution in [0.2, 0.25) is 0 Å². The van der Waals surface area contributed by atoms with E-state index in [0.29, 0.717) is 12.5 Å². The first kappa shape index (κ1) is 15.8. The summed E-state index contributed by atoms with van der Waals surface area (Å²) in [6.07, 6.45) is 6.60. The summed E-state index contributed by atoms with van der Waals surface area (Å²) in [5.41, 5.74) is 0.759. The summed E-state index contributed by atoms with van der Waals surface area (Å²) < 4.78 is 0. The molecular formula is C18H25N3O2. The molecule has 3 rings (SSSR count). The van der Waals surface area contributed by atoms with E-state index in [2.05, 4.69) is 10.6 Å². The number of hydrogen-bond donors (Lipinski definition) is 2. The maximum absolute atomic E-state index is 12.4. The predicted molar refractivity (Wildman–Crippen MR) is 90.2 cm³/mol. The van der Waals surface area contributed by atoms with Gasteiger partial charge in [-0.1, -0.05) is 31.0 Å². The van der Waals surface area contributed by atoms with E-state index in [1.165, 1.54) is 25.7 Å². The number of anilines is 1. The van der Waals surface area contributed by atoms with Gasteiger partial charge in [0.25, 0.3) is 0 Å². The van der Waals surface area contributed by atoms with Crippen LogP contribution in [0.25, 0.3) is 0 Å². The highest BCUT2D eigenvalue weighted by Gasteiger charge is 2.34. The van der Waals surface area contributed by atoms with Crippen LogP contribution >= 0.6 is 0 Å². The van der Waals surface area contributed by atoms with Gasteiger partial charge in [0.2, 0.25) is 5.91 Å². The van der Waals surface area contributed by atoms with Crippen LogP contribution < -0.4 is 10.6 Å². The van der Waals surface area contributed by atoms with Gasteiger partial charge in [-0.2, -0.15) is 0 Å². The van der Waals surface area contributed by atoms with Gasteiger partial charge in [-0.15, -0.1) is 0 Å². The molecule has 0 radical (unpaired) electrons. The zero-order valence-corrected chi connectivity index (χ0v) is 13.5. The molecule has 0 spiro atoms. The fourth-order valence-electron chi connectivity index (χ4n) is 3.58.